The molecule has 0 saturated heterocycles. The van der Waals surface area contributed by atoms with Gasteiger partial charge in [0.25, 0.3) is 0 Å². The van der Waals surface area contributed by atoms with E-state index in [1.807, 2.05) is 6.07 Å². The van der Waals surface area contributed by atoms with E-state index >= 15 is 0 Å². The molecule has 1 amide bonds. The molecule has 0 spiro atoms. The van der Waals surface area contributed by atoms with E-state index in [1.54, 1.807) is 26.2 Å². The first-order valence-electron chi connectivity index (χ1n) is 8.87. The van der Waals surface area contributed by atoms with E-state index in [2.05, 4.69) is 29.5 Å². The predicted octanol–water partition coefficient (Wildman–Crippen LogP) is 2.28. The zero-order valence-corrected chi connectivity index (χ0v) is 15.6. The number of nitrogens with one attached hydrogen (secondary N) is 2. The van der Waals surface area contributed by atoms with Crippen LogP contribution in [0.4, 0.5) is 4.39 Å². The van der Waals surface area contributed by atoms with Crippen molar-refractivity contribution < 1.29 is 9.18 Å². The number of carbonyl (C=O) groups is 1. The van der Waals surface area contributed by atoms with Crippen molar-refractivity contribution in [1.82, 2.24) is 15.5 Å². The zero-order chi connectivity index (χ0) is 18.4. The second-order valence-corrected chi connectivity index (χ2v) is 7.05. The Bertz CT molecular complexity index is 626. The van der Waals surface area contributed by atoms with Gasteiger partial charge in [-0.2, -0.15) is 0 Å². The molecule has 25 heavy (non-hydrogen) atoms. The van der Waals surface area contributed by atoms with E-state index in [-0.39, 0.29) is 29.7 Å². The minimum atomic E-state index is -0.202. The number of halogens is 1. The Morgan fingerprint density at radius 3 is 2.68 bits per heavy atom. The van der Waals surface area contributed by atoms with E-state index in [9.17, 15) is 9.18 Å². The molecular weight excluding hydrogens is 319 g/mol. The summed E-state index contributed by atoms with van der Waals surface area (Å²) in [5, 5.41) is 6.66. The first kappa shape index (κ1) is 19.2. The van der Waals surface area contributed by atoms with Gasteiger partial charge in [-0.25, -0.2) is 9.38 Å². The van der Waals surface area contributed by atoms with E-state index in [1.165, 1.54) is 11.0 Å². The molecule has 2 rings (SSSR count). The van der Waals surface area contributed by atoms with Gasteiger partial charge in [-0.15, -0.1) is 0 Å². The van der Waals surface area contributed by atoms with Crippen molar-refractivity contribution in [3.63, 3.8) is 0 Å². The molecule has 1 aliphatic carbocycles. The van der Waals surface area contributed by atoms with Crippen LogP contribution in [0.3, 0.4) is 0 Å². The summed E-state index contributed by atoms with van der Waals surface area (Å²) in [7, 11) is 3.44. The van der Waals surface area contributed by atoms with Gasteiger partial charge in [-0.05, 0) is 43.9 Å². The standard InChI is InChI=1S/C19H29FN4O/c1-5-14(2)23-18(21-12-17(25)24(3)4)22-13-19(9-10-19)15-7-6-8-16(20)11-15/h6-8,11,14H,5,9-10,12-13H2,1-4H3,(H2,21,22,23). The summed E-state index contributed by atoms with van der Waals surface area (Å²) < 4.78 is 13.5. The van der Waals surface area contributed by atoms with Crippen LogP contribution in [0.1, 0.15) is 38.7 Å². The van der Waals surface area contributed by atoms with Crippen LogP contribution in [-0.4, -0.2) is 50.0 Å². The molecule has 138 valence electrons. The number of rotatable bonds is 7. The molecule has 0 heterocycles. The minimum absolute atomic E-state index is 0.0362. The molecule has 1 saturated carbocycles. The SMILES string of the molecule is CCC(C)NC(=NCC(=O)N(C)C)NCC1(c2cccc(F)c2)CC1. The normalized spacial score (nSPS) is 16.9. The quantitative estimate of drug-likeness (QED) is 0.587. The molecule has 1 aliphatic rings. The Morgan fingerprint density at radius 1 is 1.40 bits per heavy atom. The number of hydrogen-bond acceptors (Lipinski definition) is 2. The van der Waals surface area contributed by atoms with Gasteiger partial charge in [0.15, 0.2) is 5.96 Å². The van der Waals surface area contributed by atoms with E-state index in [0.29, 0.717) is 12.5 Å². The summed E-state index contributed by atoms with van der Waals surface area (Å²) in [6.07, 6.45) is 3.00. The van der Waals surface area contributed by atoms with E-state index < -0.39 is 0 Å². The van der Waals surface area contributed by atoms with Gasteiger partial charge in [0.2, 0.25) is 5.91 Å². The maximum absolute atomic E-state index is 13.5. The largest absolute Gasteiger partial charge is 0.355 e. The fraction of sp³-hybridized carbons (Fsp3) is 0.579. The van der Waals surface area contributed by atoms with Crippen LogP contribution in [0.15, 0.2) is 29.3 Å². The molecule has 2 N–H and O–H groups in total. The number of hydrogen-bond donors (Lipinski definition) is 2. The number of aliphatic imine (C=N–C) groups is 1. The second-order valence-electron chi connectivity index (χ2n) is 7.05. The van der Waals surface area contributed by atoms with Crippen molar-refractivity contribution in [3.05, 3.63) is 35.6 Å². The minimum Gasteiger partial charge on any atom is -0.355 e. The molecule has 0 bridgehead atoms. The maximum Gasteiger partial charge on any atom is 0.243 e. The summed E-state index contributed by atoms with van der Waals surface area (Å²) in [5.41, 5.74) is 0.984. The van der Waals surface area contributed by atoms with Gasteiger partial charge in [0.05, 0.1) is 0 Å². The van der Waals surface area contributed by atoms with Crippen LogP contribution < -0.4 is 10.6 Å². The average Bonchev–Trinajstić information content (AvgIpc) is 3.37. The molecular formula is C19H29FN4O. The lowest BCUT2D eigenvalue weighted by atomic mass is 9.96. The molecule has 0 aliphatic heterocycles. The lowest BCUT2D eigenvalue weighted by Gasteiger charge is -2.21. The molecule has 1 atom stereocenters. The molecule has 1 unspecified atom stereocenters. The van der Waals surface area contributed by atoms with Crippen molar-refractivity contribution in [1.29, 1.82) is 0 Å². The van der Waals surface area contributed by atoms with Crippen molar-refractivity contribution in [2.75, 3.05) is 27.2 Å². The van der Waals surface area contributed by atoms with Crippen molar-refractivity contribution >= 4 is 11.9 Å². The molecule has 1 aromatic rings. The molecule has 0 aromatic heterocycles. The maximum atomic E-state index is 13.5. The third-order valence-electron chi connectivity index (χ3n) is 4.75. The Hall–Kier alpha value is -2.11. The van der Waals surface area contributed by atoms with Crippen LogP contribution in [0.2, 0.25) is 0 Å². The van der Waals surface area contributed by atoms with Gasteiger partial charge in [0, 0.05) is 32.1 Å². The monoisotopic (exact) mass is 348 g/mol. The highest BCUT2D eigenvalue weighted by Crippen LogP contribution is 2.47. The second kappa shape index (κ2) is 8.32. The number of nitrogens with zero attached hydrogens (tertiary/aromatic N) is 2. The molecule has 0 radical (unpaired) electrons. The molecule has 1 aromatic carbocycles. The highest BCUT2D eigenvalue weighted by Gasteiger charge is 2.44. The van der Waals surface area contributed by atoms with Crippen LogP contribution in [0.25, 0.3) is 0 Å². The first-order chi connectivity index (χ1) is 11.9. The summed E-state index contributed by atoms with van der Waals surface area (Å²) in [4.78, 5) is 17.7. The number of carbonyl (C=O) groups excluding carboxylic acids is 1. The fourth-order valence-corrected chi connectivity index (χ4v) is 2.57. The Labute approximate surface area is 149 Å². The van der Waals surface area contributed by atoms with Crippen LogP contribution >= 0.6 is 0 Å². The molecule has 5 nitrogen and oxygen atoms in total. The van der Waals surface area contributed by atoms with Gasteiger partial charge in [0.1, 0.15) is 12.4 Å². The van der Waals surface area contributed by atoms with Gasteiger partial charge in [-0.1, -0.05) is 19.1 Å². The molecule has 1 fully saturated rings. The average molecular weight is 348 g/mol. The Kier molecular flexibility index (Phi) is 6.39. The number of guanidine groups is 1. The van der Waals surface area contributed by atoms with Gasteiger partial charge in [-0.3, -0.25) is 4.79 Å². The summed E-state index contributed by atoms with van der Waals surface area (Å²) >= 11 is 0. The third-order valence-corrected chi connectivity index (χ3v) is 4.75. The van der Waals surface area contributed by atoms with Gasteiger partial charge < -0.3 is 15.5 Å². The third kappa shape index (κ3) is 5.44. The summed E-state index contributed by atoms with van der Waals surface area (Å²) in [5.74, 6) is 0.385. The highest BCUT2D eigenvalue weighted by atomic mass is 19.1. The zero-order valence-electron chi connectivity index (χ0n) is 15.6. The van der Waals surface area contributed by atoms with Crippen LogP contribution in [-0.2, 0) is 10.2 Å². The smallest absolute Gasteiger partial charge is 0.243 e. The first-order valence-corrected chi connectivity index (χ1v) is 8.87. The number of benzene rings is 1. The van der Waals surface area contributed by atoms with Crippen molar-refractivity contribution in [2.24, 2.45) is 4.99 Å². The van der Waals surface area contributed by atoms with Crippen molar-refractivity contribution in [2.45, 2.75) is 44.6 Å². The lowest BCUT2D eigenvalue weighted by molar-refractivity contribution is -0.127. The van der Waals surface area contributed by atoms with Crippen LogP contribution in [0.5, 0.6) is 0 Å². The summed E-state index contributed by atoms with van der Waals surface area (Å²) in [6.45, 7) is 4.94. The van der Waals surface area contributed by atoms with E-state index in [0.717, 1.165) is 24.8 Å². The molecule has 6 heteroatoms. The number of amides is 1. The predicted molar refractivity (Wildman–Crippen MR) is 99.2 cm³/mol. The highest BCUT2D eigenvalue weighted by molar-refractivity contribution is 5.85. The van der Waals surface area contributed by atoms with Gasteiger partial charge >= 0.3 is 0 Å². The van der Waals surface area contributed by atoms with Crippen LogP contribution in [0, 0.1) is 5.82 Å². The lowest BCUT2D eigenvalue weighted by Crippen LogP contribution is -2.45. The fourth-order valence-electron chi connectivity index (χ4n) is 2.57. The Balaban J connectivity index is 2.03. The summed E-state index contributed by atoms with van der Waals surface area (Å²) in [6, 6.07) is 7.07. The van der Waals surface area contributed by atoms with E-state index in [4.69, 9.17) is 0 Å². The topological polar surface area (TPSA) is 56.7 Å². The number of likely N-dealkylation sites (N-methyl/N-ethyl adjacent to an activating group) is 1. The Morgan fingerprint density at radius 2 is 2.12 bits per heavy atom. The van der Waals surface area contributed by atoms with Crippen molar-refractivity contribution in [3.8, 4) is 0 Å².